The smallest absolute Gasteiger partial charge is 0.252 e. The van der Waals surface area contributed by atoms with E-state index in [0.717, 1.165) is 17.1 Å². The Kier molecular flexibility index (Phi) is 4.41. The zero-order valence-corrected chi connectivity index (χ0v) is 11.6. The molecule has 1 aromatic heterocycles. The zero-order chi connectivity index (χ0) is 13.7. The number of hydrogen-bond acceptors (Lipinski definition) is 4. The molecule has 0 unspecified atom stereocenters. The quantitative estimate of drug-likeness (QED) is 0.914. The number of ether oxygens (including phenoxy) is 2. The molecule has 4 nitrogen and oxygen atoms in total. The van der Waals surface area contributed by atoms with Crippen LogP contribution in [0.5, 0.6) is 11.5 Å². The van der Waals surface area contributed by atoms with Crippen LogP contribution in [0.3, 0.4) is 0 Å². The van der Waals surface area contributed by atoms with E-state index in [1.165, 1.54) is 11.3 Å². The van der Waals surface area contributed by atoms with Crippen molar-refractivity contribution in [1.29, 1.82) is 0 Å². The molecule has 100 valence electrons. The first kappa shape index (κ1) is 13.4. The summed E-state index contributed by atoms with van der Waals surface area (Å²) >= 11 is 1.50. The molecule has 0 fully saturated rings. The van der Waals surface area contributed by atoms with Crippen molar-refractivity contribution in [2.45, 2.75) is 6.54 Å². The van der Waals surface area contributed by atoms with Gasteiger partial charge in [0.1, 0.15) is 11.5 Å². The van der Waals surface area contributed by atoms with Crippen molar-refractivity contribution in [2.24, 2.45) is 0 Å². The molecular weight excluding hydrogens is 262 g/mol. The van der Waals surface area contributed by atoms with Gasteiger partial charge in [0.15, 0.2) is 0 Å². The normalized spacial score (nSPS) is 10.0. The van der Waals surface area contributed by atoms with Crippen LogP contribution < -0.4 is 14.8 Å². The minimum Gasteiger partial charge on any atom is -0.497 e. The highest BCUT2D eigenvalue weighted by Gasteiger charge is 2.09. The molecule has 2 rings (SSSR count). The molecule has 0 saturated carbocycles. The molecule has 0 saturated heterocycles. The Bertz CT molecular complexity index is 552. The predicted molar refractivity (Wildman–Crippen MR) is 75.0 cm³/mol. The Labute approximate surface area is 116 Å². The van der Waals surface area contributed by atoms with E-state index in [0.29, 0.717) is 12.1 Å². The van der Waals surface area contributed by atoms with Crippen molar-refractivity contribution in [1.82, 2.24) is 5.32 Å². The minimum absolute atomic E-state index is 0.0916. The molecule has 0 aliphatic carbocycles. The van der Waals surface area contributed by atoms with Gasteiger partial charge in [-0.05, 0) is 29.6 Å². The number of methoxy groups -OCH3 is 2. The Balaban J connectivity index is 2.08. The standard InChI is InChI=1S/C14H15NO3S/c1-17-12-3-4-13(18-2)11(7-12)8-15-14(16)10-5-6-19-9-10/h3-7,9H,8H2,1-2H3,(H,15,16). The van der Waals surface area contributed by atoms with Gasteiger partial charge in [-0.2, -0.15) is 11.3 Å². The maximum absolute atomic E-state index is 11.9. The van der Waals surface area contributed by atoms with Gasteiger partial charge in [0.05, 0.1) is 14.2 Å². The fourth-order valence-corrected chi connectivity index (χ4v) is 2.33. The molecular formula is C14H15NO3S. The third kappa shape index (κ3) is 3.26. The SMILES string of the molecule is COc1ccc(OC)c(CNC(=O)c2ccsc2)c1. The number of nitrogens with one attached hydrogen (secondary N) is 1. The summed E-state index contributed by atoms with van der Waals surface area (Å²) in [4.78, 5) is 11.9. The number of benzene rings is 1. The first-order valence-electron chi connectivity index (χ1n) is 5.76. The molecule has 1 amide bonds. The Hall–Kier alpha value is -2.01. The van der Waals surface area contributed by atoms with Gasteiger partial charge in [0.2, 0.25) is 0 Å². The number of carbonyl (C=O) groups is 1. The summed E-state index contributed by atoms with van der Waals surface area (Å²) < 4.78 is 10.4. The van der Waals surface area contributed by atoms with Crippen molar-refractivity contribution in [3.8, 4) is 11.5 Å². The number of rotatable bonds is 5. The highest BCUT2D eigenvalue weighted by Crippen LogP contribution is 2.23. The number of hydrogen-bond donors (Lipinski definition) is 1. The number of thiophene rings is 1. The molecule has 1 aromatic carbocycles. The molecule has 2 aromatic rings. The van der Waals surface area contributed by atoms with Crippen LogP contribution in [-0.4, -0.2) is 20.1 Å². The summed E-state index contributed by atoms with van der Waals surface area (Å²) in [5, 5.41) is 6.55. The Morgan fingerprint density at radius 3 is 2.74 bits per heavy atom. The fraction of sp³-hybridized carbons (Fsp3) is 0.214. The van der Waals surface area contributed by atoms with E-state index in [1.54, 1.807) is 20.3 Å². The fourth-order valence-electron chi connectivity index (χ4n) is 1.69. The molecule has 0 bridgehead atoms. The molecule has 0 aliphatic rings. The van der Waals surface area contributed by atoms with Gasteiger partial charge in [-0.25, -0.2) is 0 Å². The van der Waals surface area contributed by atoms with Crippen molar-refractivity contribution >= 4 is 17.2 Å². The second-order valence-electron chi connectivity index (χ2n) is 3.87. The van der Waals surface area contributed by atoms with E-state index in [-0.39, 0.29) is 5.91 Å². The lowest BCUT2D eigenvalue weighted by Gasteiger charge is -2.11. The second-order valence-corrected chi connectivity index (χ2v) is 4.65. The van der Waals surface area contributed by atoms with Gasteiger partial charge in [-0.3, -0.25) is 4.79 Å². The lowest BCUT2D eigenvalue weighted by Crippen LogP contribution is -2.22. The average Bonchev–Trinajstić information content (AvgIpc) is 2.98. The summed E-state index contributed by atoms with van der Waals surface area (Å²) in [6.45, 7) is 0.398. The van der Waals surface area contributed by atoms with Crippen molar-refractivity contribution in [3.05, 3.63) is 46.2 Å². The zero-order valence-electron chi connectivity index (χ0n) is 10.8. The first-order valence-corrected chi connectivity index (χ1v) is 6.70. The maximum atomic E-state index is 11.9. The monoisotopic (exact) mass is 277 g/mol. The topological polar surface area (TPSA) is 47.6 Å². The van der Waals surface area contributed by atoms with Crippen LogP contribution in [0, 0.1) is 0 Å². The molecule has 0 atom stereocenters. The largest absolute Gasteiger partial charge is 0.497 e. The Morgan fingerprint density at radius 2 is 2.11 bits per heavy atom. The molecule has 1 N–H and O–H groups in total. The van der Waals surface area contributed by atoms with Gasteiger partial charge in [-0.15, -0.1) is 0 Å². The lowest BCUT2D eigenvalue weighted by molar-refractivity contribution is 0.0951. The highest BCUT2D eigenvalue weighted by atomic mass is 32.1. The van der Waals surface area contributed by atoms with Gasteiger partial charge in [0.25, 0.3) is 5.91 Å². The van der Waals surface area contributed by atoms with Crippen LogP contribution >= 0.6 is 11.3 Å². The van der Waals surface area contributed by atoms with E-state index in [4.69, 9.17) is 9.47 Å². The lowest BCUT2D eigenvalue weighted by atomic mass is 10.2. The Morgan fingerprint density at radius 1 is 1.26 bits per heavy atom. The summed E-state index contributed by atoms with van der Waals surface area (Å²) in [6, 6.07) is 7.30. The van der Waals surface area contributed by atoms with E-state index in [2.05, 4.69) is 5.32 Å². The van der Waals surface area contributed by atoms with Crippen molar-refractivity contribution in [3.63, 3.8) is 0 Å². The number of carbonyl (C=O) groups excluding carboxylic acids is 1. The molecule has 0 spiro atoms. The third-order valence-electron chi connectivity index (χ3n) is 2.71. The summed E-state index contributed by atoms with van der Waals surface area (Å²) in [7, 11) is 3.21. The van der Waals surface area contributed by atoms with E-state index in [1.807, 2.05) is 29.0 Å². The highest BCUT2D eigenvalue weighted by molar-refractivity contribution is 7.08. The molecule has 1 heterocycles. The van der Waals surface area contributed by atoms with Crippen LogP contribution in [0.1, 0.15) is 15.9 Å². The maximum Gasteiger partial charge on any atom is 0.252 e. The van der Waals surface area contributed by atoms with Crippen LogP contribution in [0.25, 0.3) is 0 Å². The van der Waals surface area contributed by atoms with Crippen LogP contribution in [0.15, 0.2) is 35.0 Å². The van der Waals surface area contributed by atoms with Crippen LogP contribution in [-0.2, 0) is 6.54 Å². The second kappa shape index (κ2) is 6.24. The van der Waals surface area contributed by atoms with Gasteiger partial charge in [0, 0.05) is 23.1 Å². The minimum atomic E-state index is -0.0916. The van der Waals surface area contributed by atoms with Crippen LogP contribution in [0.4, 0.5) is 0 Å². The molecule has 0 aliphatic heterocycles. The summed E-state index contributed by atoms with van der Waals surface area (Å²) in [5.74, 6) is 1.37. The first-order chi connectivity index (χ1) is 9.24. The average molecular weight is 277 g/mol. The number of amides is 1. The summed E-state index contributed by atoms with van der Waals surface area (Å²) in [6.07, 6.45) is 0. The molecule has 19 heavy (non-hydrogen) atoms. The summed E-state index contributed by atoms with van der Waals surface area (Å²) in [5.41, 5.74) is 1.55. The van der Waals surface area contributed by atoms with Crippen molar-refractivity contribution in [2.75, 3.05) is 14.2 Å². The molecule has 5 heteroatoms. The van der Waals surface area contributed by atoms with E-state index in [9.17, 15) is 4.79 Å². The molecule has 0 radical (unpaired) electrons. The van der Waals surface area contributed by atoms with E-state index >= 15 is 0 Å². The van der Waals surface area contributed by atoms with Crippen LogP contribution in [0.2, 0.25) is 0 Å². The predicted octanol–water partition coefficient (Wildman–Crippen LogP) is 2.70. The van der Waals surface area contributed by atoms with Gasteiger partial charge >= 0.3 is 0 Å². The van der Waals surface area contributed by atoms with Gasteiger partial charge in [-0.1, -0.05) is 0 Å². The van der Waals surface area contributed by atoms with Crippen molar-refractivity contribution < 1.29 is 14.3 Å². The van der Waals surface area contributed by atoms with Gasteiger partial charge < -0.3 is 14.8 Å². The van der Waals surface area contributed by atoms with E-state index < -0.39 is 0 Å². The third-order valence-corrected chi connectivity index (χ3v) is 3.39.